The van der Waals surface area contributed by atoms with Crippen LogP contribution in [0.5, 0.6) is 0 Å². The predicted octanol–water partition coefficient (Wildman–Crippen LogP) is 1.08. The molecule has 7 nitrogen and oxygen atoms in total. The summed E-state index contributed by atoms with van der Waals surface area (Å²) in [6, 6.07) is 0. The molecule has 0 saturated heterocycles. The fourth-order valence-electron chi connectivity index (χ4n) is 1.77. The second kappa shape index (κ2) is 5.47. The Balaban J connectivity index is 2.09. The number of carboxylic acid groups (broad SMARTS) is 1. The molecule has 0 fully saturated rings. The number of carboxylic acids is 1. The zero-order valence-corrected chi connectivity index (χ0v) is 10.8. The summed E-state index contributed by atoms with van der Waals surface area (Å²) in [5.41, 5.74) is 2.00. The van der Waals surface area contributed by atoms with Gasteiger partial charge in [-0.25, -0.2) is 9.78 Å². The van der Waals surface area contributed by atoms with E-state index in [1.165, 1.54) is 12.4 Å². The van der Waals surface area contributed by atoms with Crippen LogP contribution in [0.15, 0.2) is 18.6 Å². The minimum atomic E-state index is -1.09. The second-order valence-corrected chi connectivity index (χ2v) is 4.08. The summed E-state index contributed by atoms with van der Waals surface area (Å²) >= 11 is 0. The number of aromatic carboxylic acids is 1. The van der Waals surface area contributed by atoms with Gasteiger partial charge in [0.15, 0.2) is 5.69 Å². The third kappa shape index (κ3) is 3.06. The molecular formula is C12H15N5O2. The largest absolute Gasteiger partial charge is 0.476 e. The molecule has 0 amide bonds. The molecule has 2 heterocycles. The lowest BCUT2D eigenvalue weighted by atomic mass is 10.2. The smallest absolute Gasteiger partial charge is 0.356 e. The fraction of sp³-hybridized carbons (Fsp3) is 0.333. The van der Waals surface area contributed by atoms with Crippen LogP contribution in [-0.4, -0.2) is 30.8 Å². The zero-order chi connectivity index (χ0) is 13.8. The van der Waals surface area contributed by atoms with E-state index in [0.29, 0.717) is 12.4 Å². The van der Waals surface area contributed by atoms with E-state index in [1.807, 2.05) is 20.2 Å². The maximum absolute atomic E-state index is 10.8. The van der Waals surface area contributed by atoms with Crippen LogP contribution in [0.25, 0.3) is 0 Å². The molecule has 2 aromatic heterocycles. The quantitative estimate of drug-likeness (QED) is 0.836. The molecule has 0 radical (unpaired) electrons. The van der Waals surface area contributed by atoms with E-state index in [-0.39, 0.29) is 5.69 Å². The minimum absolute atomic E-state index is 0.0769. The van der Waals surface area contributed by atoms with E-state index >= 15 is 0 Å². The molecule has 0 spiro atoms. The molecule has 2 N–H and O–H groups in total. The average Bonchev–Trinajstić information content (AvgIpc) is 2.77. The molecule has 7 heteroatoms. The molecule has 100 valence electrons. The maximum atomic E-state index is 10.8. The first-order valence-electron chi connectivity index (χ1n) is 5.90. The number of nitrogens with zero attached hydrogens (tertiary/aromatic N) is 4. The number of anilines is 1. The van der Waals surface area contributed by atoms with Gasteiger partial charge in [0, 0.05) is 25.4 Å². The predicted molar refractivity (Wildman–Crippen MR) is 68.9 cm³/mol. The highest BCUT2D eigenvalue weighted by Crippen LogP contribution is 2.10. The Morgan fingerprint density at radius 3 is 2.95 bits per heavy atom. The van der Waals surface area contributed by atoms with Gasteiger partial charge in [0.25, 0.3) is 0 Å². The normalized spacial score (nSPS) is 10.4. The first-order valence-corrected chi connectivity index (χ1v) is 5.90. The molecule has 0 atom stereocenters. The summed E-state index contributed by atoms with van der Waals surface area (Å²) in [4.78, 5) is 18.6. The van der Waals surface area contributed by atoms with Gasteiger partial charge < -0.3 is 10.4 Å². The standard InChI is InChI=1S/C12H15N5O2/c1-3-9-8(7-17(2)16-9)4-14-11-6-13-5-10(15-11)12(18)19/h5-7H,3-4H2,1-2H3,(H,14,15)(H,18,19). The highest BCUT2D eigenvalue weighted by Gasteiger charge is 2.08. The number of hydrogen-bond donors (Lipinski definition) is 2. The lowest BCUT2D eigenvalue weighted by Gasteiger charge is -2.05. The van der Waals surface area contributed by atoms with Gasteiger partial charge in [0.1, 0.15) is 5.82 Å². The summed E-state index contributed by atoms with van der Waals surface area (Å²) in [5, 5.41) is 16.2. The molecule has 0 saturated carbocycles. The van der Waals surface area contributed by atoms with E-state index in [4.69, 9.17) is 5.11 Å². The van der Waals surface area contributed by atoms with Crippen molar-refractivity contribution >= 4 is 11.8 Å². The summed E-state index contributed by atoms with van der Waals surface area (Å²) in [7, 11) is 1.87. The van der Waals surface area contributed by atoms with E-state index in [1.54, 1.807) is 4.68 Å². The van der Waals surface area contributed by atoms with Crippen LogP contribution in [0.1, 0.15) is 28.7 Å². The van der Waals surface area contributed by atoms with Gasteiger partial charge in [-0.2, -0.15) is 5.10 Å². The van der Waals surface area contributed by atoms with Crippen LogP contribution in [0, 0.1) is 0 Å². The summed E-state index contributed by atoms with van der Waals surface area (Å²) in [6.07, 6.45) is 5.49. The van der Waals surface area contributed by atoms with Crippen LogP contribution in [0.3, 0.4) is 0 Å². The van der Waals surface area contributed by atoms with Crippen molar-refractivity contribution < 1.29 is 9.90 Å². The SMILES string of the molecule is CCc1nn(C)cc1CNc1cncc(C(=O)O)n1. The van der Waals surface area contributed by atoms with Crippen LogP contribution >= 0.6 is 0 Å². The van der Waals surface area contributed by atoms with Crippen molar-refractivity contribution in [2.45, 2.75) is 19.9 Å². The number of hydrogen-bond acceptors (Lipinski definition) is 5. The van der Waals surface area contributed by atoms with Gasteiger partial charge in [-0.15, -0.1) is 0 Å². The summed E-state index contributed by atoms with van der Waals surface area (Å²) in [5.74, 6) is -0.655. The zero-order valence-electron chi connectivity index (χ0n) is 10.8. The molecule has 2 aromatic rings. The number of nitrogens with one attached hydrogen (secondary N) is 1. The molecule has 0 unspecified atom stereocenters. The summed E-state index contributed by atoms with van der Waals surface area (Å²) in [6.45, 7) is 2.57. The van der Waals surface area contributed by atoms with Crippen molar-refractivity contribution in [3.8, 4) is 0 Å². The number of rotatable bonds is 5. The lowest BCUT2D eigenvalue weighted by Crippen LogP contribution is -2.07. The number of carbonyl (C=O) groups is 1. The fourth-order valence-corrected chi connectivity index (χ4v) is 1.77. The average molecular weight is 261 g/mol. The Hall–Kier alpha value is -2.44. The number of aryl methyl sites for hydroxylation is 2. The second-order valence-electron chi connectivity index (χ2n) is 4.08. The van der Waals surface area contributed by atoms with Gasteiger partial charge in [-0.3, -0.25) is 9.67 Å². The molecule has 0 aliphatic carbocycles. The van der Waals surface area contributed by atoms with E-state index in [9.17, 15) is 4.79 Å². The van der Waals surface area contributed by atoms with Gasteiger partial charge in [0.2, 0.25) is 0 Å². The van der Waals surface area contributed by atoms with Gasteiger partial charge in [0.05, 0.1) is 18.1 Å². The maximum Gasteiger partial charge on any atom is 0.356 e. The van der Waals surface area contributed by atoms with Crippen LogP contribution in [0.4, 0.5) is 5.82 Å². The first-order chi connectivity index (χ1) is 9.10. The van der Waals surface area contributed by atoms with Crippen molar-refractivity contribution in [1.29, 1.82) is 0 Å². The van der Waals surface area contributed by atoms with Gasteiger partial charge >= 0.3 is 5.97 Å². The van der Waals surface area contributed by atoms with Gasteiger partial charge in [-0.1, -0.05) is 6.92 Å². The highest BCUT2D eigenvalue weighted by atomic mass is 16.4. The number of aromatic nitrogens is 4. The first kappa shape index (κ1) is 13.0. The monoisotopic (exact) mass is 261 g/mol. The van der Waals surface area contributed by atoms with Crippen molar-refractivity contribution in [2.24, 2.45) is 7.05 Å². The van der Waals surface area contributed by atoms with Gasteiger partial charge in [-0.05, 0) is 6.42 Å². The van der Waals surface area contributed by atoms with Crippen LogP contribution in [-0.2, 0) is 20.0 Å². The van der Waals surface area contributed by atoms with E-state index in [2.05, 4.69) is 20.4 Å². The van der Waals surface area contributed by atoms with Crippen molar-refractivity contribution in [1.82, 2.24) is 19.7 Å². The Labute approximate surface area is 110 Å². The van der Waals surface area contributed by atoms with E-state index in [0.717, 1.165) is 17.7 Å². The van der Waals surface area contributed by atoms with Crippen LogP contribution in [0.2, 0.25) is 0 Å². The molecule has 0 bridgehead atoms. The minimum Gasteiger partial charge on any atom is -0.476 e. The molecule has 2 rings (SSSR count). The molecule has 19 heavy (non-hydrogen) atoms. The topological polar surface area (TPSA) is 92.9 Å². The molecule has 0 aliphatic rings. The molecule has 0 aliphatic heterocycles. The lowest BCUT2D eigenvalue weighted by molar-refractivity contribution is 0.0690. The Kier molecular flexibility index (Phi) is 3.74. The molecular weight excluding hydrogens is 246 g/mol. The highest BCUT2D eigenvalue weighted by molar-refractivity contribution is 5.85. The van der Waals surface area contributed by atoms with Crippen molar-refractivity contribution in [2.75, 3.05) is 5.32 Å². The van der Waals surface area contributed by atoms with E-state index < -0.39 is 5.97 Å². The Morgan fingerprint density at radius 2 is 2.26 bits per heavy atom. The van der Waals surface area contributed by atoms with Crippen molar-refractivity contribution in [3.63, 3.8) is 0 Å². The summed E-state index contributed by atoms with van der Waals surface area (Å²) < 4.78 is 1.76. The Bertz CT molecular complexity index is 594. The van der Waals surface area contributed by atoms with Crippen molar-refractivity contribution in [3.05, 3.63) is 35.5 Å². The van der Waals surface area contributed by atoms with Crippen LogP contribution < -0.4 is 5.32 Å². The third-order valence-corrected chi connectivity index (χ3v) is 2.64. The third-order valence-electron chi connectivity index (χ3n) is 2.64. The Morgan fingerprint density at radius 1 is 1.47 bits per heavy atom. The molecule has 0 aromatic carbocycles.